The van der Waals surface area contributed by atoms with E-state index in [2.05, 4.69) is 0 Å². The number of hydrogen-bond acceptors (Lipinski definition) is 5. The van der Waals surface area contributed by atoms with Crippen LogP contribution in [0.25, 0.3) is 6.08 Å². The summed E-state index contributed by atoms with van der Waals surface area (Å²) in [6.45, 7) is 3.99. The molecule has 0 N–H and O–H groups in total. The molecule has 0 bridgehead atoms. The van der Waals surface area contributed by atoms with E-state index in [1.165, 1.54) is 23.9 Å². The molecule has 3 aromatic rings. The summed E-state index contributed by atoms with van der Waals surface area (Å²) in [7, 11) is 0. The summed E-state index contributed by atoms with van der Waals surface area (Å²) in [6.07, 6.45) is 1.67. The molecule has 0 aliphatic carbocycles. The Balaban J connectivity index is 1.76. The fraction of sp³-hybridized carbons (Fsp3) is 0.0833. The molecule has 31 heavy (non-hydrogen) atoms. The van der Waals surface area contributed by atoms with Crippen molar-refractivity contribution in [2.45, 2.75) is 13.8 Å². The summed E-state index contributed by atoms with van der Waals surface area (Å²) in [6, 6.07) is 21.6. The Bertz CT molecular complexity index is 1220. The van der Waals surface area contributed by atoms with Crippen LogP contribution in [0.3, 0.4) is 0 Å². The number of nitro groups is 1. The molecule has 0 spiro atoms. The average molecular weight is 430 g/mol. The fourth-order valence-corrected chi connectivity index (χ4v) is 4.08. The van der Waals surface area contributed by atoms with Gasteiger partial charge in [0.05, 0.1) is 21.2 Å². The maximum atomic E-state index is 13.3. The second-order valence-corrected chi connectivity index (χ2v) is 8.18. The predicted octanol–water partition coefficient (Wildman–Crippen LogP) is 6.02. The zero-order chi connectivity index (χ0) is 22.0. The highest BCUT2D eigenvalue weighted by atomic mass is 32.2. The minimum absolute atomic E-state index is 0.0197. The van der Waals surface area contributed by atoms with E-state index in [0.717, 1.165) is 22.5 Å². The van der Waals surface area contributed by atoms with Gasteiger partial charge < -0.3 is 0 Å². The summed E-state index contributed by atoms with van der Waals surface area (Å²) in [5.74, 6) is -0.216. The Morgan fingerprint density at radius 2 is 1.61 bits per heavy atom. The summed E-state index contributed by atoms with van der Waals surface area (Å²) in [5, 5.41) is 11.6. The molecule has 1 fully saturated rings. The smallest absolute Gasteiger partial charge is 0.268 e. The van der Waals surface area contributed by atoms with Crippen LogP contribution >= 0.6 is 11.8 Å². The topological polar surface area (TPSA) is 75.8 Å². The number of carbonyl (C=O) groups is 1. The highest BCUT2D eigenvalue weighted by molar-refractivity contribution is 8.19. The van der Waals surface area contributed by atoms with Crippen molar-refractivity contribution < 1.29 is 9.72 Å². The Morgan fingerprint density at radius 3 is 2.26 bits per heavy atom. The minimum atomic E-state index is -0.450. The Hall–Kier alpha value is -3.71. The lowest BCUT2D eigenvalue weighted by Gasteiger charge is -2.16. The molecule has 1 aliphatic heterocycles. The van der Waals surface area contributed by atoms with Crippen molar-refractivity contribution in [1.29, 1.82) is 0 Å². The van der Waals surface area contributed by atoms with Crippen LogP contribution in [0.4, 0.5) is 17.1 Å². The number of benzene rings is 3. The molecule has 4 rings (SSSR count). The first-order valence-corrected chi connectivity index (χ1v) is 10.4. The number of carbonyl (C=O) groups excluding carboxylic acids is 1. The number of thioether (sulfide) groups is 1. The third kappa shape index (κ3) is 4.57. The number of rotatable bonds is 4. The molecule has 7 heteroatoms. The summed E-state index contributed by atoms with van der Waals surface area (Å²) >= 11 is 1.25. The monoisotopic (exact) mass is 429 g/mol. The summed E-state index contributed by atoms with van der Waals surface area (Å²) < 4.78 is 0. The number of aliphatic imine (C=N–C) groups is 1. The van der Waals surface area contributed by atoms with Gasteiger partial charge in [0.15, 0.2) is 5.17 Å². The SMILES string of the molecule is Cc1ccc(N=C2SC(=Cc3cccc([N+](=O)[O-])c3)C(=O)N2c2ccc(C)cc2)cc1. The molecule has 6 nitrogen and oxygen atoms in total. The van der Waals surface area contributed by atoms with Crippen LogP contribution in [0, 0.1) is 24.0 Å². The Labute approximate surface area is 184 Å². The van der Waals surface area contributed by atoms with Gasteiger partial charge in [0.1, 0.15) is 0 Å². The van der Waals surface area contributed by atoms with Crippen molar-refractivity contribution in [2.75, 3.05) is 4.90 Å². The van der Waals surface area contributed by atoms with Crippen molar-refractivity contribution >= 4 is 46.0 Å². The van der Waals surface area contributed by atoms with Gasteiger partial charge in [-0.2, -0.15) is 0 Å². The molecule has 1 aliphatic rings. The van der Waals surface area contributed by atoms with Crippen LogP contribution in [0.1, 0.15) is 16.7 Å². The van der Waals surface area contributed by atoms with Crippen molar-refractivity contribution in [1.82, 2.24) is 0 Å². The van der Waals surface area contributed by atoms with Gasteiger partial charge in [0.25, 0.3) is 11.6 Å². The van der Waals surface area contributed by atoms with Crippen LogP contribution in [-0.4, -0.2) is 16.0 Å². The zero-order valence-electron chi connectivity index (χ0n) is 17.0. The highest BCUT2D eigenvalue weighted by Gasteiger charge is 2.34. The molecule has 1 amide bonds. The first-order chi connectivity index (χ1) is 14.9. The molecular formula is C24H19N3O3S. The lowest BCUT2D eigenvalue weighted by Crippen LogP contribution is -2.28. The van der Waals surface area contributed by atoms with E-state index < -0.39 is 4.92 Å². The summed E-state index contributed by atoms with van der Waals surface area (Å²) in [4.78, 5) is 30.7. The highest BCUT2D eigenvalue weighted by Crippen LogP contribution is 2.37. The average Bonchev–Trinajstić information content (AvgIpc) is 3.05. The molecule has 0 saturated carbocycles. The quantitative estimate of drug-likeness (QED) is 0.289. The number of nitro benzene ring substituents is 1. The zero-order valence-corrected chi connectivity index (χ0v) is 17.8. The van der Waals surface area contributed by atoms with Crippen molar-refractivity contribution in [3.8, 4) is 0 Å². The second-order valence-electron chi connectivity index (χ2n) is 7.17. The first-order valence-electron chi connectivity index (χ1n) is 9.61. The molecule has 0 radical (unpaired) electrons. The molecule has 1 heterocycles. The van der Waals surface area contributed by atoms with Crippen molar-refractivity contribution in [2.24, 2.45) is 4.99 Å². The molecule has 0 atom stereocenters. The molecular weight excluding hydrogens is 410 g/mol. The van der Waals surface area contributed by atoms with Crippen LogP contribution in [-0.2, 0) is 4.79 Å². The van der Waals surface area contributed by atoms with Gasteiger partial charge >= 0.3 is 0 Å². The fourth-order valence-electron chi connectivity index (χ4n) is 3.08. The standard InChI is InChI=1S/C24H19N3O3S/c1-16-6-10-19(11-7-16)25-24-26(20-12-8-17(2)9-13-20)23(28)22(31-24)15-18-4-3-5-21(14-18)27(29)30/h3-15H,1-2H3. The van der Waals surface area contributed by atoms with Crippen LogP contribution < -0.4 is 4.90 Å². The van der Waals surface area contributed by atoms with E-state index in [9.17, 15) is 14.9 Å². The lowest BCUT2D eigenvalue weighted by molar-refractivity contribution is -0.384. The largest absolute Gasteiger partial charge is 0.271 e. The van der Waals surface area contributed by atoms with E-state index in [-0.39, 0.29) is 11.6 Å². The van der Waals surface area contributed by atoms with E-state index in [1.807, 2.05) is 62.4 Å². The minimum Gasteiger partial charge on any atom is -0.268 e. The van der Waals surface area contributed by atoms with Crippen LogP contribution in [0.5, 0.6) is 0 Å². The normalized spacial score (nSPS) is 16.3. The van der Waals surface area contributed by atoms with Gasteiger partial charge in [-0.05, 0) is 61.5 Å². The molecule has 154 valence electrons. The third-order valence-electron chi connectivity index (χ3n) is 4.74. The number of hydrogen-bond donors (Lipinski definition) is 0. The maximum Gasteiger partial charge on any atom is 0.271 e. The van der Waals surface area contributed by atoms with Crippen molar-refractivity contribution in [3.05, 3.63) is 105 Å². The lowest BCUT2D eigenvalue weighted by atomic mass is 10.2. The van der Waals surface area contributed by atoms with Crippen molar-refractivity contribution in [3.63, 3.8) is 0 Å². The number of nitrogens with zero attached hydrogens (tertiary/aromatic N) is 3. The van der Waals surface area contributed by atoms with Crippen LogP contribution in [0.15, 0.2) is 82.7 Å². The van der Waals surface area contributed by atoms with E-state index in [1.54, 1.807) is 23.1 Å². The predicted molar refractivity (Wildman–Crippen MR) is 126 cm³/mol. The number of anilines is 1. The number of non-ortho nitro benzene ring substituents is 1. The van der Waals surface area contributed by atoms with Gasteiger partial charge in [-0.15, -0.1) is 0 Å². The van der Waals surface area contributed by atoms with Crippen LogP contribution in [0.2, 0.25) is 0 Å². The van der Waals surface area contributed by atoms with Gasteiger partial charge in [-0.3, -0.25) is 19.8 Å². The van der Waals surface area contributed by atoms with Gasteiger partial charge in [-0.25, -0.2) is 4.99 Å². The Kier molecular flexibility index (Phi) is 5.68. The van der Waals surface area contributed by atoms with Gasteiger partial charge in [-0.1, -0.05) is 47.5 Å². The molecule has 0 unspecified atom stereocenters. The summed E-state index contributed by atoms with van der Waals surface area (Å²) in [5.41, 5.74) is 4.25. The second kappa shape index (κ2) is 8.57. The number of amidine groups is 1. The van der Waals surface area contributed by atoms with E-state index in [0.29, 0.717) is 15.6 Å². The third-order valence-corrected chi connectivity index (χ3v) is 5.70. The first kappa shape index (κ1) is 20.6. The maximum absolute atomic E-state index is 13.3. The van der Waals surface area contributed by atoms with E-state index >= 15 is 0 Å². The van der Waals surface area contributed by atoms with Gasteiger partial charge in [0.2, 0.25) is 0 Å². The molecule has 1 saturated heterocycles. The molecule has 0 aromatic heterocycles. The number of amides is 1. The van der Waals surface area contributed by atoms with Gasteiger partial charge in [0, 0.05) is 12.1 Å². The van der Waals surface area contributed by atoms with E-state index in [4.69, 9.17) is 4.99 Å². The molecule has 3 aromatic carbocycles. The Morgan fingerprint density at radius 1 is 0.968 bits per heavy atom. The number of aryl methyl sites for hydroxylation is 2.